The van der Waals surface area contributed by atoms with Crippen molar-refractivity contribution in [2.75, 3.05) is 32.7 Å². The summed E-state index contributed by atoms with van der Waals surface area (Å²) < 4.78 is 5.21. The maximum absolute atomic E-state index is 12.6. The van der Waals surface area contributed by atoms with Gasteiger partial charge in [-0.2, -0.15) is 0 Å². The standard InChI is InChI=1S/C18H27N3O3/c1-2-19-17(22)16(14-6-3-4-7-14)20-9-11-21(12-10-20)18(23)15-8-5-13-24-15/h5,8,13-14,16H,2-4,6-7,9-12H2,1H3,(H,19,22). The van der Waals surface area contributed by atoms with Gasteiger partial charge >= 0.3 is 0 Å². The molecule has 3 rings (SSSR count). The molecule has 1 N–H and O–H groups in total. The van der Waals surface area contributed by atoms with E-state index in [1.165, 1.54) is 19.1 Å². The van der Waals surface area contributed by atoms with Crippen LogP contribution in [0, 0.1) is 5.92 Å². The lowest BCUT2D eigenvalue weighted by Gasteiger charge is -2.40. The minimum absolute atomic E-state index is 0.0479. The number of hydrogen-bond donors (Lipinski definition) is 1. The number of carbonyl (C=O) groups is 2. The van der Waals surface area contributed by atoms with Gasteiger partial charge in [-0.1, -0.05) is 12.8 Å². The average molecular weight is 333 g/mol. The maximum atomic E-state index is 12.6. The van der Waals surface area contributed by atoms with Crippen molar-refractivity contribution in [1.29, 1.82) is 0 Å². The third kappa shape index (κ3) is 3.64. The van der Waals surface area contributed by atoms with Crippen molar-refractivity contribution in [2.24, 2.45) is 5.92 Å². The van der Waals surface area contributed by atoms with Crippen LogP contribution in [0.4, 0.5) is 0 Å². The molecule has 6 heteroatoms. The van der Waals surface area contributed by atoms with Gasteiger partial charge in [0.05, 0.1) is 12.3 Å². The molecule has 1 saturated carbocycles. The third-order valence-electron chi connectivity index (χ3n) is 5.19. The Morgan fingerprint density at radius 1 is 1.25 bits per heavy atom. The monoisotopic (exact) mass is 333 g/mol. The van der Waals surface area contributed by atoms with Gasteiger partial charge in [0.25, 0.3) is 5.91 Å². The first-order valence-corrected chi connectivity index (χ1v) is 9.05. The topological polar surface area (TPSA) is 65.8 Å². The van der Waals surface area contributed by atoms with Crippen molar-refractivity contribution in [3.05, 3.63) is 24.2 Å². The predicted octanol–water partition coefficient (Wildman–Crippen LogP) is 1.73. The molecular weight excluding hydrogens is 306 g/mol. The van der Waals surface area contributed by atoms with E-state index in [-0.39, 0.29) is 17.9 Å². The Kier molecular flexibility index (Phi) is 5.56. The fraction of sp³-hybridized carbons (Fsp3) is 0.667. The van der Waals surface area contributed by atoms with Crippen LogP contribution in [0.15, 0.2) is 22.8 Å². The van der Waals surface area contributed by atoms with E-state index >= 15 is 0 Å². The lowest BCUT2D eigenvalue weighted by atomic mass is 9.95. The number of carbonyl (C=O) groups excluding carboxylic acids is 2. The maximum Gasteiger partial charge on any atom is 0.289 e. The second kappa shape index (κ2) is 7.83. The molecule has 24 heavy (non-hydrogen) atoms. The smallest absolute Gasteiger partial charge is 0.289 e. The molecule has 2 fully saturated rings. The highest BCUT2D eigenvalue weighted by molar-refractivity contribution is 5.91. The normalized spacial score (nSPS) is 21.0. The Balaban J connectivity index is 1.62. The first-order valence-electron chi connectivity index (χ1n) is 9.05. The number of piperazine rings is 1. The predicted molar refractivity (Wildman–Crippen MR) is 90.6 cm³/mol. The molecule has 0 spiro atoms. The molecule has 1 aliphatic carbocycles. The van der Waals surface area contributed by atoms with E-state index in [9.17, 15) is 9.59 Å². The number of nitrogens with zero attached hydrogens (tertiary/aromatic N) is 2. The Hall–Kier alpha value is -1.82. The minimum Gasteiger partial charge on any atom is -0.459 e. The Labute approximate surface area is 143 Å². The van der Waals surface area contributed by atoms with Crippen molar-refractivity contribution in [2.45, 2.75) is 38.6 Å². The molecule has 0 radical (unpaired) electrons. The van der Waals surface area contributed by atoms with Crippen molar-refractivity contribution in [3.8, 4) is 0 Å². The Morgan fingerprint density at radius 3 is 2.54 bits per heavy atom. The quantitative estimate of drug-likeness (QED) is 0.891. The summed E-state index contributed by atoms with van der Waals surface area (Å²) in [6, 6.07) is 3.38. The fourth-order valence-electron chi connectivity index (χ4n) is 3.99. The molecule has 2 amide bonds. The molecule has 0 bridgehead atoms. The van der Waals surface area contributed by atoms with Crippen LogP contribution in [-0.4, -0.2) is 60.4 Å². The number of likely N-dealkylation sites (N-methyl/N-ethyl adjacent to an activating group) is 1. The molecule has 2 heterocycles. The van der Waals surface area contributed by atoms with Crippen LogP contribution in [0.2, 0.25) is 0 Å². The van der Waals surface area contributed by atoms with E-state index < -0.39 is 0 Å². The van der Waals surface area contributed by atoms with Gasteiger partial charge in [0.15, 0.2) is 5.76 Å². The zero-order valence-electron chi connectivity index (χ0n) is 14.4. The van der Waals surface area contributed by atoms with Gasteiger partial charge in [-0.15, -0.1) is 0 Å². The zero-order chi connectivity index (χ0) is 16.9. The largest absolute Gasteiger partial charge is 0.459 e. The van der Waals surface area contributed by atoms with E-state index in [2.05, 4.69) is 10.2 Å². The van der Waals surface area contributed by atoms with Crippen molar-refractivity contribution in [1.82, 2.24) is 15.1 Å². The average Bonchev–Trinajstić information content (AvgIpc) is 3.29. The molecule has 1 aliphatic heterocycles. The summed E-state index contributed by atoms with van der Waals surface area (Å²) >= 11 is 0. The van der Waals surface area contributed by atoms with Crippen LogP contribution < -0.4 is 5.32 Å². The highest BCUT2D eigenvalue weighted by Gasteiger charge is 2.37. The fourth-order valence-corrected chi connectivity index (χ4v) is 3.99. The summed E-state index contributed by atoms with van der Waals surface area (Å²) in [6.45, 7) is 5.39. The van der Waals surface area contributed by atoms with Gasteiger partial charge in [0.1, 0.15) is 0 Å². The van der Waals surface area contributed by atoms with Crippen LogP contribution in [-0.2, 0) is 4.79 Å². The molecule has 6 nitrogen and oxygen atoms in total. The molecule has 1 atom stereocenters. The van der Waals surface area contributed by atoms with E-state index in [0.717, 1.165) is 25.9 Å². The summed E-state index contributed by atoms with van der Waals surface area (Å²) in [5, 5.41) is 3.00. The summed E-state index contributed by atoms with van der Waals surface area (Å²) in [7, 11) is 0. The molecule has 1 unspecified atom stereocenters. The minimum atomic E-state index is -0.0601. The van der Waals surface area contributed by atoms with Crippen molar-refractivity contribution < 1.29 is 14.0 Å². The van der Waals surface area contributed by atoms with Gasteiger partial charge in [0.2, 0.25) is 5.91 Å². The summed E-state index contributed by atoms with van der Waals surface area (Å²) in [6.07, 6.45) is 6.23. The molecule has 2 aliphatic rings. The van der Waals surface area contributed by atoms with E-state index in [1.54, 1.807) is 12.1 Å². The van der Waals surface area contributed by atoms with Crippen LogP contribution in [0.25, 0.3) is 0 Å². The van der Waals surface area contributed by atoms with Crippen LogP contribution in [0.3, 0.4) is 0 Å². The SMILES string of the molecule is CCNC(=O)C(C1CCCC1)N1CCN(C(=O)c2ccco2)CC1. The number of amides is 2. The van der Waals surface area contributed by atoms with Crippen LogP contribution in [0.5, 0.6) is 0 Å². The van der Waals surface area contributed by atoms with Crippen LogP contribution in [0.1, 0.15) is 43.2 Å². The zero-order valence-corrected chi connectivity index (χ0v) is 14.4. The lowest BCUT2D eigenvalue weighted by molar-refractivity contribution is -0.129. The lowest BCUT2D eigenvalue weighted by Crippen LogP contribution is -2.57. The summed E-state index contributed by atoms with van der Waals surface area (Å²) in [5.41, 5.74) is 0. The number of furan rings is 1. The molecule has 0 aromatic carbocycles. The van der Waals surface area contributed by atoms with Gasteiger partial charge in [-0.05, 0) is 37.8 Å². The van der Waals surface area contributed by atoms with E-state index in [1.807, 2.05) is 11.8 Å². The van der Waals surface area contributed by atoms with Gasteiger partial charge in [-0.25, -0.2) is 0 Å². The first-order chi connectivity index (χ1) is 11.7. The Bertz CT molecular complexity index is 544. The number of nitrogens with one attached hydrogen (secondary N) is 1. The molecule has 1 saturated heterocycles. The second-order valence-electron chi connectivity index (χ2n) is 6.69. The third-order valence-corrected chi connectivity index (χ3v) is 5.19. The molecule has 1 aromatic rings. The van der Waals surface area contributed by atoms with E-state index in [4.69, 9.17) is 4.42 Å². The number of rotatable bonds is 5. The molecule has 132 valence electrons. The second-order valence-corrected chi connectivity index (χ2v) is 6.69. The van der Waals surface area contributed by atoms with Gasteiger partial charge in [0, 0.05) is 32.7 Å². The summed E-state index contributed by atoms with van der Waals surface area (Å²) in [4.78, 5) is 29.0. The Morgan fingerprint density at radius 2 is 1.96 bits per heavy atom. The number of hydrogen-bond acceptors (Lipinski definition) is 4. The molecular formula is C18H27N3O3. The van der Waals surface area contributed by atoms with Crippen molar-refractivity contribution in [3.63, 3.8) is 0 Å². The van der Waals surface area contributed by atoms with Gasteiger partial charge < -0.3 is 14.6 Å². The van der Waals surface area contributed by atoms with Gasteiger partial charge in [-0.3, -0.25) is 14.5 Å². The van der Waals surface area contributed by atoms with E-state index in [0.29, 0.717) is 31.3 Å². The first kappa shape index (κ1) is 17.0. The van der Waals surface area contributed by atoms with Crippen LogP contribution >= 0.6 is 0 Å². The molecule has 1 aromatic heterocycles. The highest BCUT2D eigenvalue weighted by Crippen LogP contribution is 2.31. The van der Waals surface area contributed by atoms with Crippen molar-refractivity contribution >= 4 is 11.8 Å². The summed E-state index contributed by atoms with van der Waals surface area (Å²) in [5.74, 6) is 0.925. The highest BCUT2D eigenvalue weighted by atomic mass is 16.3.